The van der Waals surface area contributed by atoms with Crippen LogP contribution in [0.1, 0.15) is 41.9 Å². The van der Waals surface area contributed by atoms with Crippen LogP contribution in [0.5, 0.6) is 0 Å². The Hall–Kier alpha value is -1.58. The minimum absolute atomic E-state index is 0.0901. The van der Waals surface area contributed by atoms with Gasteiger partial charge >= 0.3 is 0 Å². The van der Waals surface area contributed by atoms with E-state index in [4.69, 9.17) is 16.9 Å². The Labute approximate surface area is 127 Å². The molecule has 1 N–H and O–H groups in total. The summed E-state index contributed by atoms with van der Waals surface area (Å²) in [5.41, 5.74) is 3.70. The standard InChI is InChI=1S/C13H16ClN5S/c1-5-10(11-7(2)17-19(4)8(11)3)16-13-9(6-15)12(14)18-20-13/h10,16H,5H2,1-4H3. The molecule has 0 fully saturated rings. The minimum atomic E-state index is 0.0901. The first-order valence-electron chi connectivity index (χ1n) is 6.31. The number of hydrogen-bond donors (Lipinski definition) is 1. The van der Waals surface area contributed by atoms with E-state index in [2.05, 4.69) is 27.8 Å². The van der Waals surface area contributed by atoms with Gasteiger partial charge in [-0.05, 0) is 31.8 Å². The molecule has 20 heavy (non-hydrogen) atoms. The van der Waals surface area contributed by atoms with Crippen molar-refractivity contribution >= 4 is 28.1 Å². The van der Waals surface area contributed by atoms with Gasteiger partial charge in [0.15, 0.2) is 5.15 Å². The molecule has 0 bridgehead atoms. The molecule has 106 valence electrons. The Morgan fingerprint density at radius 3 is 2.70 bits per heavy atom. The van der Waals surface area contributed by atoms with Crippen LogP contribution >= 0.6 is 23.1 Å². The van der Waals surface area contributed by atoms with E-state index in [1.165, 1.54) is 17.1 Å². The van der Waals surface area contributed by atoms with Gasteiger partial charge in [0, 0.05) is 18.3 Å². The van der Waals surface area contributed by atoms with Crippen LogP contribution in [-0.4, -0.2) is 14.2 Å². The van der Waals surface area contributed by atoms with Crippen LogP contribution in [0, 0.1) is 25.2 Å². The highest BCUT2D eigenvalue weighted by molar-refractivity contribution is 7.10. The number of nitrogens with one attached hydrogen (secondary N) is 1. The molecule has 0 aliphatic carbocycles. The molecule has 0 saturated heterocycles. The maximum atomic E-state index is 9.13. The average molecular weight is 310 g/mol. The number of hydrogen-bond acceptors (Lipinski definition) is 5. The molecule has 1 atom stereocenters. The quantitative estimate of drug-likeness (QED) is 0.937. The zero-order valence-corrected chi connectivity index (χ0v) is 13.4. The van der Waals surface area contributed by atoms with E-state index in [1.807, 2.05) is 25.6 Å². The summed E-state index contributed by atoms with van der Waals surface area (Å²) in [5.74, 6) is 0. The predicted molar refractivity (Wildman–Crippen MR) is 81.2 cm³/mol. The third kappa shape index (κ3) is 2.51. The van der Waals surface area contributed by atoms with Gasteiger partial charge in [-0.25, -0.2) is 0 Å². The number of aryl methyl sites for hydroxylation is 2. The highest BCUT2D eigenvalue weighted by Gasteiger charge is 2.21. The molecule has 7 heteroatoms. The molecule has 0 radical (unpaired) electrons. The van der Waals surface area contributed by atoms with Crippen LogP contribution in [0.15, 0.2) is 0 Å². The van der Waals surface area contributed by atoms with E-state index in [9.17, 15) is 0 Å². The van der Waals surface area contributed by atoms with Gasteiger partial charge < -0.3 is 5.32 Å². The van der Waals surface area contributed by atoms with Crippen LogP contribution < -0.4 is 5.32 Å². The van der Waals surface area contributed by atoms with E-state index >= 15 is 0 Å². The lowest BCUT2D eigenvalue weighted by Gasteiger charge is -2.18. The summed E-state index contributed by atoms with van der Waals surface area (Å²) in [6, 6.07) is 2.18. The molecule has 5 nitrogen and oxygen atoms in total. The Morgan fingerprint density at radius 2 is 2.20 bits per heavy atom. The Kier molecular flexibility index (Phi) is 4.31. The van der Waals surface area contributed by atoms with Crippen LogP contribution in [-0.2, 0) is 7.05 Å². The summed E-state index contributed by atoms with van der Waals surface area (Å²) in [6.07, 6.45) is 0.883. The molecule has 0 spiro atoms. The molecular formula is C13H16ClN5S. The Balaban J connectivity index is 2.37. The third-order valence-corrected chi connectivity index (χ3v) is 4.54. The number of aromatic nitrogens is 3. The number of nitrogens with zero attached hydrogens (tertiary/aromatic N) is 4. The second-order valence-electron chi connectivity index (χ2n) is 4.60. The normalized spacial score (nSPS) is 12.2. The van der Waals surface area contributed by atoms with Crippen LogP contribution in [0.3, 0.4) is 0 Å². The molecule has 1 unspecified atom stereocenters. The summed E-state index contributed by atoms with van der Waals surface area (Å²) in [5, 5.41) is 17.9. The van der Waals surface area contributed by atoms with E-state index in [-0.39, 0.29) is 11.2 Å². The lowest BCUT2D eigenvalue weighted by molar-refractivity contribution is 0.717. The first kappa shape index (κ1) is 14.8. The first-order chi connectivity index (χ1) is 9.49. The van der Waals surface area contributed by atoms with Crippen molar-refractivity contribution in [2.24, 2.45) is 7.05 Å². The lowest BCUT2D eigenvalue weighted by Crippen LogP contribution is -2.11. The average Bonchev–Trinajstić information content (AvgIpc) is 2.88. The summed E-state index contributed by atoms with van der Waals surface area (Å²) < 4.78 is 5.89. The molecule has 2 heterocycles. The highest BCUT2D eigenvalue weighted by atomic mass is 35.5. The van der Waals surface area contributed by atoms with Crippen LogP contribution in [0.4, 0.5) is 5.00 Å². The molecule has 2 aromatic rings. The summed E-state index contributed by atoms with van der Waals surface area (Å²) >= 11 is 7.12. The van der Waals surface area contributed by atoms with E-state index in [0.717, 1.165) is 17.8 Å². The van der Waals surface area contributed by atoms with Crippen LogP contribution in [0.2, 0.25) is 5.15 Å². The van der Waals surface area contributed by atoms with Crippen molar-refractivity contribution in [3.63, 3.8) is 0 Å². The molecule has 0 aliphatic rings. The topological polar surface area (TPSA) is 66.5 Å². The van der Waals surface area contributed by atoms with E-state index < -0.39 is 0 Å². The monoisotopic (exact) mass is 309 g/mol. The smallest absolute Gasteiger partial charge is 0.162 e. The fourth-order valence-electron chi connectivity index (χ4n) is 2.30. The van der Waals surface area contributed by atoms with Gasteiger partial charge in [-0.1, -0.05) is 18.5 Å². The zero-order chi connectivity index (χ0) is 14.9. The first-order valence-corrected chi connectivity index (χ1v) is 7.46. The SMILES string of the molecule is CCC(Nc1snc(Cl)c1C#N)c1c(C)nn(C)c1C. The maximum absolute atomic E-state index is 9.13. The van der Waals surface area contributed by atoms with Crippen molar-refractivity contribution < 1.29 is 0 Å². The second kappa shape index (κ2) is 5.81. The van der Waals surface area contributed by atoms with Gasteiger partial charge in [0.05, 0.1) is 11.7 Å². The lowest BCUT2D eigenvalue weighted by atomic mass is 10.0. The fraction of sp³-hybridized carbons (Fsp3) is 0.462. The largest absolute Gasteiger partial charge is 0.368 e. The zero-order valence-electron chi connectivity index (χ0n) is 11.9. The second-order valence-corrected chi connectivity index (χ2v) is 5.73. The molecule has 2 aromatic heterocycles. The fourth-order valence-corrected chi connectivity index (χ4v) is 3.28. The molecular weight excluding hydrogens is 294 g/mol. The van der Waals surface area contributed by atoms with Gasteiger partial charge in [-0.15, -0.1) is 0 Å². The third-order valence-electron chi connectivity index (χ3n) is 3.39. The van der Waals surface area contributed by atoms with E-state index in [0.29, 0.717) is 10.6 Å². The number of halogens is 1. The predicted octanol–water partition coefficient (Wildman–Crippen LogP) is 3.58. The van der Waals surface area contributed by atoms with Crippen molar-refractivity contribution in [3.05, 3.63) is 27.7 Å². The molecule has 2 rings (SSSR count). The van der Waals surface area contributed by atoms with E-state index in [1.54, 1.807) is 0 Å². The highest BCUT2D eigenvalue weighted by Crippen LogP contribution is 2.33. The minimum Gasteiger partial charge on any atom is -0.368 e. The molecule has 0 aromatic carbocycles. The van der Waals surface area contributed by atoms with Gasteiger partial charge in [0.2, 0.25) is 0 Å². The molecule has 0 aliphatic heterocycles. The molecule has 0 saturated carbocycles. The number of rotatable bonds is 4. The summed E-state index contributed by atoms with van der Waals surface area (Å²) in [6.45, 7) is 6.14. The van der Waals surface area contributed by atoms with Gasteiger partial charge in [-0.2, -0.15) is 14.7 Å². The van der Waals surface area contributed by atoms with Crippen LogP contribution in [0.25, 0.3) is 0 Å². The Morgan fingerprint density at radius 1 is 1.50 bits per heavy atom. The van der Waals surface area contributed by atoms with Crippen molar-refractivity contribution in [1.82, 2.24) is 14.2 Å². The summed E-state index contributed by atoms with van der Waals surface area (Å²) in [7, 11) is 1.93. The van der Waals surface area contributed by atoms with Gasteiger partial charge in [0.1, 0.15) is 16.6 Å². The molecule has 0 amide bonds. The summed E-state index contributed by atoms with van der Waals surface area (Å²) in [4.78, 5) is 0. The van der Waals surface area contributed by atoms with Crippen molar-refractivity contribution in [1.29, 1.82) is 5.26 Å². The number of nitriles is 1. The van der Waals surface area contributed by atoms with Crippen molar-refractivity contribution in [2.75, 3.05) is 5.32 Å². The van der Waals surface area contributed by atoms with Crippen molar-refractivity contribution in [2.45, 2.75) is 33.2 Å². The van der Waals surface area contributed by atoms with Gasteiger partial charge in [-0.3, -0.25) is 4.68 Å². The maximum Gasteiger partial charge on any atom is 0.162 e. The Bertz CT molecular complexity index is 667. The van der Waals surface area contributed by atoms with Crippen molar-refractivity contribution in [3.8, 4) is 6.07 Å². The number of anilines is 1. The van der Waals surface area contributed by atoms with Gasteiger partial charge in [0.25, 0.3) is 0 Å².